The number of benzene rings is 2. The number of carbonyl (C=O) groups excluding carboxylic acids is 1. The van der Waals surface area contributed by atoms with E-state index in [4.69, 9.17) is 9.47 Å². The largest absolute Gasteiger partial charge is 0.490 e. The Balaban J connectivity index is 1.53. The molecule has 3 aromatic rings. The average molecular weight is 535 g/mol. The number of aromatic nitrogens is 4. The quantitative estimate of drug-likeness (QED) is 0.268. The Labute approximate surface area is 205 Å². The zero-order chi connectivity index (χ0) is 23.6. The number of hydrogen-bond acceptors (Lipinski definition) is 8. The first-order chi connectivity index (χ1) is 16.0. The van der Waals surface area contributed by atoms with Crippen LogP contribution in [0.5, 0.6) is 11.5 Å². The van der Waals surface area contributed by atoms with Gasteiger partial charge in [0.05, 0.1) is 11.1 Å². The third kappa shape index (κ3) is 7.72. The highest BCUT2D eigenvalue weighted by Crippen LogP contribution is 2.37. The van der Waals surface area contributed by atoms with E-state index in [1.807, 2.05) is 57.3 Å². The number of tetrazole rings is 1. The lowest BCUT2D eigenvalue weighted by molar-refractivity contribution is -0.118. The van der Waals surface area contributed by atoms with Gasteiger partial charge in [0, 0.05) is 31.6 Å². The molecule has 0 saturated carbocycles. The first-order valence-electron chi connectivity index (χ1n) is 10.5. The standard InChI is InChI=1S/C22H27BrN6O3S/c1-4-31-19-12-16(13-24-9-10-33-22-26-27-28-29(22)3)11-18(23)21(19)32-14-20(30)25-17-7-5-15(2)6-8-17/h5-8,11-12,24H,4,9-10,13-14H2,1-3H3,(H,25,30). The van der Waals surface area contributed by atoms with Crippen molar-refractivity contribution in [1.29, 1.82) is 0 Å². The molecule has 0 bridgehead atoms. The summed E-state index contributed by atoms with van der Waals surface area (Å²) in [7, 11) is 1.82. The van der Waals surface area contributed by atoms with Crippen molar-refractivity contribution in [3.63, 3.8) is 0 Å². The molecular weight excluding hydrogens is 508 g/mol. The van der Waals surface area contributed by atoms with Gasteiger partial charge in [-0.3, -0.25) is 4.79 Å². The van der Waals surface area contributed by atoms with E-state index >= 15 is 0 Å². The van der Waals surface area contributed by atoms with Crippen molar-refractivity contribution in [3.8, 4) is 11.5 Å². The fraction of sp³-hybridized carbons (Fsp3) is 0.364. The molecule has 0 unspecified atom stereocenters. The summed E-state index contributed by atoms with van der Waals surface area (Å²) >= 11 is 5.14. The van der Waals surface area contributed by atoms with Gasteiger partial charge in [-0.2, -0.15) is 0 Å². The number of amides is 1. The van der Waals surface area contributed by atoms with Crippen LogP contribution in [-0.2, 0) is 18.4 Å². The maximum absolute atomic E-state index is 12.3. The first kappa shape index (κ1) is 25.0. The zero-order valence-electron chi connectivity index (χ0n) is 18.8. The molecule has 0 aliphatic carbocycles. The second-order valence-electron chi connectivity index (χ2n) is 7.15. The van der Waals surface area contributed by atoms with Gasteiger partial charge >= 0.3 is 0 Å². The predicted octanol–water partition coefficient (Wildman–Crippen LogP) is 3.58. The number of hydrogen-bond donors (Lipinski definition) is 2. The SMILES string of the molecule is CCOc1cc(CNCCSc2nnnn2C)cc(Br)c1OCC(=O)Nc1ccc(C)cc1. The Hall–Kier alpha value is -2.63. The van der Waals surface area contributed by atoms with E-state index in [1.54, 1.807) is 16.4 Å². The molecule has 0 saturated heterocycles. The number of rotatable bonds is 12. The smallest absolute Gasteiger partial charge is 0.262 e. The van der Waals surface area contributed by atoms with Crippen molar-refractivity contribution in [2.75, 3.05) is 30.8 Å². The molecule has 176 valence electrons. The molecule has 2 aromatic carbocycles. The minimum Gasteiger partial charge on any atom is -0.490 e. The van der Waals surface area contributed by atoms with Crippen LogP contribution < -0.4 is 20.1 Å². The number of halogens is 1. The lowest BCUT2D eigenvalue weighted by atomic mass is 10.2. The molecule has 0 aliphatic heterocycles. The van der Waals surface area contributed by atoms with Gasteiger partial charge in [0.2, 0.25) is 5.16 Å². The van der Waals surface area contributed by atoms with E-state index in [9.17, 15) is 4.79 Å². The molecular formula is C22H27BrN6O3S. The molecule has 0 radical (unpaired) electrons. The van der Waals surface area contributed by atoms with Crippen LogP contribution in [0.4, 0.5) is 5.69 Å². The van der Waals surface area contributed by atoms with Gasteiger partial charge in [-0.05, 0) is 70.0 Å². The summed E-state index contributed by atoms with van der Waals surface area (Å²) in [5.41, 5.74) is 2.89. The number of ether oxygens (including phenoxy) is 2. The van der Waals surface area contributed by atoms with Crippen LogP contribution in [0.1, 0.15) is 18.1 Å². The number of nitrogens with one attached hydrogen (secondary N) is 2. The molecule has 0 fully saturated rings. The van der Waals surface area contributed by atoms with Gasteiger partial charge in [-0.25, -0.2) is 4.68 Å². The molecule has 3 rings (SSSR count). The summed E-state index contributed by atoms with van der Waals surface area (Å²) in [5, 5.41) is 18.4. The number of thioether (sulfide) groups is 1. The van der Waals surface area contributed by atoms with Crippen LogP contribution in [0.2, 0.25) is 0 Å². The molecule has 0 atom stereocenters. The molecule has 9 nitrogen and oxygen atoms in total. The van der Waals surface area contributed by atoms with Crippen molar-refractivity contribution >= 4 is 39.3 Å². The molecule has 1 amide bonds. The van der Waals surface area contributed by atoms with Crippen molar-refractivity contribution < 1.29 is 14.3 Å². The molecule has 1 aromatic heterocycles. The lowest BCUT2D eigenvalue weighted by Gasteiger charge is -2.16. The van der Waals surface area contributed by atoms with Crippen LogP contribution in [0.3, 0.4) is 0 Å². The number of anilines is 1. The first-order valence-corrected chi connectivity index (χ1v) is 12.2. The molecule has 11 heteroatoms. The highest BCUT2D eigenvalue weighted by Gasteiger charge is 2.14. The van der Waals surface area contributed by atoms with Crippen molar-refractivity contribution in [2.45, 2.75) is 25.5 Å². The number of aryl methyl sites for hydroxylation is 2. The monoisotopic (exact) mass is 534 g/mol. The van der Waals surface area contributed by atoms with E-state index in [0.29, 0.717) is 24.7 Å². The van der Waals surface area contributed by atoms with Crippen LogP contribution in [-0.4, -0.2) is 51.6 Å². The highest BCUT2D eigenvalue weighted by atomic mass is 79.9. The highest BCUT2D eigenvalue weighted by molar-refractivity contribution is 9.10. The third-order valence-corrected chi connectivity index (χ3v) is 6.07. The van der Waals surface area contributed by atoms with Crippen LogP contribution in [0.25, 0.3) is 0 Å². The Kier molecular flexibility index (Phi) is 9.52. The topological polar surface area (TPSA) is 103 Å². The molecule has 0 aliphatic rings. The average Bonchev–Trinajstić information content (AvgIpc) is 3.19. The lowest BCUT2D eigenvalue weighted by Crippen LogP contribution is -2.20. The Morgan fingerprint density at radius 2 is 2.00 bits per heavy atom. The fourth-order valence-electron chi connectivity index (χ4n) is 2.89. The fourth-order valence-corrected chi connectivity index (χ4v) is 4.24. The second kappa shape index (κ2) is 12.6. The molecule has 33 heavy (non-hydrogen) atoms. The summed E-state index contributed by atoms with van der Waals surface area (Å²) in [6.45, 7) is 5.71. The maximum Gasteiger partial charge on any atom is 0.262 e. The summed E-state index contributed by atoms with van der Waals surface area (Å²) in [5.74, 6) is 1.69. The van der Waals surface area contributed by atoms with Crippen molar-refractivity contribution in [1.82, 2.24) is 25.5 Å². The third-order valence-electron chi connectivity index (χ3n) is 4.47. The van der Waals surface area contributed by atoms with E-state index in [-0.39, 0.29) is 12.5 Å². The second-order valence-corrected chi connectivity index (χ2v) is 9.07. The summed E-state index contributed by atoms with van der Waals surface area (Å²) in [4.78, 5) is 12.3. The van der Waals surface area contributed by atoms with E-state index in [0.717, 1.165) is 38.7 Å². The van der Waals surface area contributed by atoms with Crippen molar-refractivity contribution in [3.05, 3.63) is 52.0 Å². The van der Waals surface area contributed by atoms with E-state index < -0.39 is 0 Å². The van der Waals surface area contributed by atoms with Gasteiger partial charge in [0.25, 0.3) is 5.91 Å². The summed E-state index contributed by atoms with van der Waals surface area (Å²) in [6, 6.07) is 11.5. The van der Waals surface area contributed by atoms with Gasteiger partial charge in [0.1, 0.15) is 0 Å². The minimum atomic E-state index is -0.241. The Morgan fingerprint density at radius 1 is 1.21 bits per heavy atom. The number of nitrogens with zero attached hydrogens (tertiary/aromatic N) is 4. The van der Waals surface area contributed by atoms with E-state index in [1.165, 1.54) is 0 Å². The van der Waals surface area contributed by atoms with Crippen molar-refractivity contribution in [2.24, 2.45) is 7.05 Å². The minimum absolute atomic E-state index is 0.127. The van der Waals surface area contributed by atoms with Crippen LogP contribution >= 0.6 is 27.7 Å². The van der Waals surface area contributed by atoms with Gasteiger partial charge in [-0.1, -0.05) is 29.5 Å². The maximum atomic E-state index is 12.3. The normalized spacial score (nSPS) is 10.8. The van der Waals surface area contributed by atoms with Gasteiger partial charge < -0.3 is 20.1 Å². The Morgan fingerprint density at radius 3 is 2.70 bits per heavy atom. The number of carbonyl (C=O) groups is 1. The molecule has 2 N–H and O–H groups in total. The summed E-state index contributed by atoms with van der Waals surface area (Å²) in [6.07, 6.45) is 0. The van der Waals surface area contributed by atoms with Crippen LogP contribution in [0.15, 0.2) is 46.0 Å². The van der Waals surface area contributed by atoms with E-state index in [2.05, 4.69) is 42.1 Å². The molecule has 0 spiro atoms. The molecule has 1 heterocycles. The zero-order valence-corrected chi connectivity index (χ0v) is 21.2. The predicted molar refractivity (Wildman–Crippen MR) is 132 cm³/mol. The van der Waals surface area contributed by atoms with Crippen LogP contribution in [0, 0.1) is 6.92 Å². The van der Waals surface area contributed by atoms with Gasteiger partial charge in [-0.15, -0.1) is 5.10 Å². The summed E-state index contributed by atoms with van der Waals surface area (Å²) < 4.78 is 13.9. The Bertz CT molecular complexity index is 1060. The van der Waals surface area contributed by atoms with Gasteiger partial charge in [0.15, 0.2) is 18.1 Å².